The monoisotopic (exact) mass is 326 g/mol. The molecule has 1 saturated heterocycles. The molecule has 0 radical (unpaired) electrons. The first-order valence-electron chi connectivity index (χ1n) is 8.13. The molecule has 24 heavy (non-hydrogen) atoms. The van der Waals surface area contributed by atoms with Gasteiger partial charge < -0.3 is 15.7 Å². The van der Waals surface area contributed by atoms with Crippen molar-refractivity contribution in [1.82, 2.24) is 9.88 Å². The molecule has 1 aliphatic rings. The maximum atomic E-state index is 11.0. The Balaban J connectivity index is 1.50. The van der Waals surface area contributed by atoms with E-state index in [1.807, 2.05) is 24.3 Å². The second-order valence-electron chi connectivity index (χ2n) is 6.03. The number of pyridine rings is 1. The van der Waals surface area contributed by atoms with Crippen LogP contribution in [-0.4, -0.2) is 53.7 Å². The molecule has 0 spiro atoms. The van der Waals surface area contributed by atoms with Crippen molar-refractivity contribution in [3.05, 3.63) is 53.7 Å². The van der Waals surface area contributed by atoms with Crippen LogP contribution >= 0.6 is 0 Å². The van der Waals surface area contributed by atoms with Gasteiger partial charge in [0.15, 0.2) is 0 Å². The van der Waals surface area contributed by atoms with Crippen molar-refractivity contribution in [3.63, 3.8) is 0 Å². The zero-order valence-corrected chi connectivity index (χ0v) is 13.6. The lowest BCUT2D eigenvalue weighted by molar-refractivity contribution is 0.0696. The number of piperazine rings is 1. The Morgan fingerprint density at radius 2 is 1.96 bits per heavy atom. The molecule has 0 bridgehead atoms. The predicted octanol–water partition coefficient (Wildman–Crippen LogP) is 1.73. The molecule has 0 saturated carbocycles. The fraction of sp³-hybridized carbons (Fsp3) is 0.333. The SMILES string of the molecule is Nc1ccc(N2CCN(CCc3cccc(C(=O)O)c3)CC2)nc1. The van der Waals surface area contributed by atoms with Gasteiger partial charge in [0, 0.05) is 32.7 Å². The molecule has 3 N–H and O–H groups in total. The zero-order chi connectivity index (χ0) is 16.9. The molecule has 0 amide bonds. The summed E-state index contributed by atoms with van der Waals surface area (Å²) in [7, 11) is 0. The third-order valence-electron chi connectivity index (χ3n) is 4.36. The van der Waals surface area contributed by atoms with Crippen LogP contribution in [0, 0.1) is 0 Å². The molecule has 126 valence electrons. The van der Waals surface area contributed by atoms with Gasteiger partial charge in [-0.2, -0.15) is 0 Å². The van der Waals surface area contributed by atoms with Crippen molar-refractivity contribution >= 4 is 17.5 Å². The number of rotatable bonds is 5. The fourth-order valence-electron chi connectivity index (χ4n) is 2.93. The van der Waals surface area contributed by atoms with Crippen molar-refractivity contribution in [2.75, 3.05) is 43.4 Å². The average molecular weight is 326 g/mol. The number of hydrogen-bond acceptors (Lipinski definition) is 5. The summed E-state index contributed by atoms with van der Waals surface area (Å²) < 4.78 is 0. The quantitative estimate of drug-likeness (QED) is 0.871. The lowest BCUT2D eigenvalue weighted by atomic mass is 10.1. The third-order valence-corrected chi connectivity index (χ3v) is 4.36. The number of aromatic nitrogens is 1. The lowest BCUT2D eigenvalue weighted by Crippen LogP contribution is -2.47. The van der Waals surface area contributed by atoms with Crippen molar-refractivity contribution < 1.29 is 9.90 Å². The Hall–Kier alpha value is -2.60. The van der Waals surface area contributed by atoms with Gasteiger partial charge in [-0.1, -0.05) is 12.1 Å². The number of nitrogen functional groups attached to an aromatic ring is 1. The molecule has 1 aromatic carbocycles. The van der Waals surface area contributed by atoms with Crippen LogP contribution in [0.3, 0.4) is 0 Å². The van der Waals surface area contributed by atoms with Crippen molar-refractivity contribution in [2.45, 2.75) is 6.42 Å². The second-order valence-corrected chi connectivity index (χ2v) is 6.03. The van der Waals surface area contributed by atoms with E-state index in [0.29, 0.717) is 11.3 Å². The Morgan fingerprint density at radius 3 is 2.62 bits per heavy atom. The highest BCUT2D eigenvalue weighted by Gasteiger charge is 2.17. The number of hydrogen-bond donors (Lipinski definition) is 2. The standard InChI is InChI=1S/C18H22N4O2/c19-16-4-5-17(20-13-16)22-10-8-21(9-11-22)7-6-14-2-1-3-15(12-14)18(23)24/h1-5,12-13H,6-11,19H2,(H,23,24). The molecular formula is C18H22N4O2. The van der Waals surface area contributed by atoms with E-state index < -0.39 is 5.97 Å². The maximum absolute atomic E-state index is 11.0. The molecular weight excluding hydrogens is 304 g/mol. The Labute approximate surface area is 141 Å². The molecule has 2 heterocycles. The summed E-state index contributed by atoms with van der Waals surface area (Å²) in [6.07, 6.45) is 2.55. The lowest BCUT2D eigenvalue weighted by Gasteiger charge is -2.35. The van der Waals surface area contributed by atoms with Gasteiger partial charge >= 0.3 is 5.97 Å². The molecule has 1 aliphatic heterocycles. The van der Waals surface area contributed by atoms with E-state index in [2.05, 4.69) is 14.8 Å². The summed E-state index contributed by atoms with van der Waals surface area (Å²) in [4.78, 5) is 20.1. The minimum Gasteiger partial charge on any atom is -0.478 e. The van der Waals surface area contributed by atoms with Crippen LogP contribution in [0.25, 0.3) is 0 Å². The van der Waals surface area contributed by atoms with Crippen LogP contribution in [0.4, 0.5) is 11.5 Å². The topological polar surface area (TPSA) is 82.7 Å². The molecule has 0 atom stereocenters. The fourth-order valence-corrected chi connectivity index (χ4v) is 2.93. The van der Waals surface area contributed by atoms with E-state index in [1.54, 1.807) is 18.3 Å². The van der Waals surface area contributed by atoms with Gasteiger partial charge in [-0.15, -0.1) is 0 Å². The maximum Gasteiger partial charge on any atom is 0.335 e. The summed E-state index contributed by atoms with van der Waals surface area (Å²) in [6.45, 7) is 4.76. The summed E-state index contributed by atoms with van der Waals surface area (Å²) in [5.74, 6) is 0.0967. The molecule has 0 unspecified atom stereocenters. The largest absolute Gasteiger partial charge is 0.478 e. The van der Waals surface area contributed by atoms with Gasteiger partial charge in [0.1, 0.15) is 5.82 Å². The Morgan fingerprint density at radius 1 is 1.17 bits per heavy atom. The minimum atomic E-state index is -0.874. The van der Waals surface area contributed by atoms with E-state index in [4.69, 9.17) is 10.8 Å². The first-order valence-corrected chi connectivity index (χ1v) is 8.13. The van der Waals surface area contributed by atoms with Gasteiger partial charge in [0.2, 0.25) is 0 Å². The Kier molecular flexibility index (Phi) is 4.96. The molecule has 6 nitrogen and oxygen atoms in total. The first kappa shape index (κ1) is 16.3. The number of carbonyl (C=O) groups is 1. The number of nitrogens with zero attached hydrogens (tertiary/aromatic N) is 3. The molecule has 1 aromatic heterocycles. The van der Waals surface area contributed by atoms with Gasteiger partial charge in [-0.25, -0.2) is 9.78 Å². The van der Waals surface area contributed by atoms with E-state index in [0.717, 1.165) is 50.5 Å². The van der Waals surface area contributed by atoms with Crippen molar-refractivity contribution in [2.24, 2.45) is 0 Å². The number of anilines is 2. The molecule has 6 heteroatoms. The molecule has 2 aromatic rings. The Bertz CT molecular complexity index is 694. The number of benzene rings is 1. The van der Waals surface area contributed by atoms with Crippen LogP contribution < -0.4 is 10.6 Å². The van der Waals surface area contributed by atoms with Crippen LogP contribution in [0.1, 0.15) is 15.9 Å². The van der Waals surface area contributed by atoms with E-state index >= 15 is 0 Å². The first-order chi connectivity index (χ1) is 11.6. The summed E-state index contributed by atoms with van der Waals surface area (Å²) in [6, 6.07) is 11.0. The highest BCUT2D eigenvalue weighted by molar-refractivity contribution is 5.87. The molecule has 0 aliphatic carbocycles. The van der Waals surface area contributed by atoms with Crippen LogP contribution in [0.5, 0.6) is 0 Å². The number of carboxylic acid groups (broad SMARTS) is 1. The second kappa shape index (κ2) is 7.31. The van der Waals surface area contributed by atoms with E-state index in [1.165, 1.54) is 0 Å². The van der Waals surface area contributed by atoms with Crippen molar-refractivity contribution in [1.29, 1.82) is 0 Å². The van der Waals surface area contributed by atoms with Crippen molar-refractivity contribution in [3.8, 4) is 0 Å². The van der Waals surface area contributed by atoms with Gasteiger partial charge in [-0.05, 0) is 36.2 Å². The number of nitrogens with two attached hydrogens (primary N) is 1. The average Bonchev–Trinajstić information content (AvgIpc) is 2.61. The summed E-state index contributed by atoms with van der Waals surface area (Å²) in [5.41, 5.74) is 7.78. The zero-order valence-electron chi connectivity index (χ0n) is 13.6. The van der Waals surface area contributed by atoms with Gasteiger partial charge in [-0.3, -0.25) is 4.90 Å². The van der Waals surface area contributed by atoms with E-state index in [9.17, 15) is 4.79 Å². The summed E-state index contributed by atoms with van der Waals surface area (Å²) in [5, 5.41) is 9.05. The smallest absolute Gasteiger partial charge is 0.335 e. The van der Waals surface area contributed by atoms with Gasteiger partial charge in [0.25, 0.3) is 0 Å². The van der Waals surface area contributed by atoms with Gasteiger partial charge in [0.05, 0.1) is 17.4 Å². The molecule has 1 fully saturated rings. The van der Waals surface area contributed by atoms with Crippen LogP contribution in [-0.2, 0) is 6.42 Å². The minimum absolute atomic E-state index is 0.353. The third kappa shape index (κ3) is 4.02. The normalized spacial score (nSPS) is 15.4. The van der Waals surface area contributed by atoms with E-state index in [-0.39, 0.29) is 0 Å². The van der Waals surface area contributed by atoms with Crippen LogP contribution in [0.2, 0.25) is 0 Å². The number of aromatic carboxylic acids is 1. The highest BCUT2D eigenvalue weighted by atomic mass is 16.4. The summed E-state index contributed by atoms with van der Waals surface area (Å²) >= 11 is 0. The number of carboxylic acids is 1. The highest BCUT2D eigenvalue weighted by Crippen LogP contribution is 2.15. The predicted molar refractivity (Wildman–Crippen MR) is 94.4 cm³/mol. The van der Waals surface area contributed by atoms with Crippen LogP contribution in [0.15, 0.2) is 42.6 Å². The molecule has 3 rings (SSSR count).